The lowest BCUT2D eigenvalue weighted by Crippen LogP contribution is -2.32. The summed E-state index contributed by atoms with van der Waals surface area (Å²) in [7, 11) is 1.83. The second kappa shape index (κ2) is 4.23. The van der Waals surface area contributed by atoms with Gasteiger partial charge in [-0.15, -0.1) is 0 Å². The number of aromatic nitrogens is 4. The summed E-state index contributed by atoms with van der Waals surface area (Å²) in [6.45, 7) is 1.92. The molecule has 86 valence electrons. The van der Waals surface area contributed by atoms with Crippen molar-refractivity contribution in [2.24, 2.45) is 0 Å². The fourth-order valence-electron chi connectivity index (χ4n) is 1.38. The van der Waals surface area contributed by atoms with Gasteiger partial charge >= 0.3 is 0 Å². The molecular weight excluding hydrogens is 230 g/mol. The second-order valence-corrected chi connectivity index (χ2v) is 3.90. The normalized spacial score (nSPS) is 13.0. The number of nitrogens with zero attached hydrogens (tertiary/aromatic N) is 4. The molecule has 1 unspecified atom stereocenters. The van der Waals surface area contributed by atoms with E-state index in [2.05, 4.69) is 19.9 Å². The van der Waals surface area contributed by atoms with Crippen LogP contribution in [0.3, 0.4) is 0 Å². The maximum atomic E-state index is 9.11. The summed E-state index contributed by atoms with van der Waals surface area (Å²) in [5.41, 5.74) is 1.24. The number of hydrogen-bond acceptors (Lipinski definition) is 5. The first-order chi connectivity index (χ1) is 7.63. The van der Waals surface area contributed by atoms with Gasteiger partial charge in [0, 0.05) is 7.05 Å². The zero-order valence-electron chi connectivity index (χ0n) is 8.98. The van der Waals surface area contributed by atoms with Crippen molar-refractivity contribution < 1.29 is 5.11 Å². The Morgan fingerprint density at radius 1 is 1.56 bits per heavy atom. The number of imidazole rings is 1. The minimum absolute atomic E-state index is 0.0355. The number of halogens is 1. The van der Waals surface area contributed by atoms with Crippen molar-refractivity contribution in [3.8, 4) is 0 Å². The van der Waals surface area contributed by atoms with Crippen LogP contribution in [0.15, 0.2) is 6.33 Å². The Bertz CT molecular complexity index is 500. The second-order valence-electron chi connectivity index (χ2n) is 3.56. The molecule has 2 N–H and O–H groups in total. The highest BCUT2D eigenvalue weighted by molar-refractivity contribution is 6.28. The lowest BCUT2D eigenvalue weighted by atomic mass is 10.3. The van der Waals surface area contributed by atoms with Gasteiger partial charge in [0.1, 0.15) is 5.52 Å². The quantitative estimate of drug-likeness (QED) is 0.778. The minimum Gasteiger partial charge on any atom is -0.394 e. The van der Waals surface area contributed by atoms with E-state index in [4.69, 9.17) is 16.7 Å². The van der Waals surface area contributed by atoms with Crippen LogP contribution in [0.1, 0.15) is 6.92 Å². The first-order valence-electron chi connectivity index (χ1n) is 4.83. The SMILES string of the molecule is CC(CO)N(C)c1nc(Cl)nc2nc[nH]c12. The van der Waals surface area contributed by atoms with Crippen molar-refractivity contribution in [1.82, 2.24) is 19.9 Å². The molecule has 2 aromatic rings. The summed E-state index contributed by atoms with van der Waals surface area (Å²) in [5.74, 6) is 0.633. The van der Waals surface area contributed by atoms with Crippen molar-refractivity contribution in [2.75, 3.05) is 18.6 Å². The molecule has 0 aliphatic rings. The Balaban J connectivity index is 2.53. The molecule has 2 aromatic heterocycles. The van der Waals surface area contributed by atoms with E-state index in [1.807, 2.05) is 18.9 Å². The summed E-state index contributed by atoms with van der Waals surface area (Å²) in [6, 6.07) is -0.0579. The van der Waals surface area contributed by atoms with Crippen LogP contribution in [0.5, 0.6) is 0 Å². The number of hydrogen-bond donors (Lipinski definition) is 2. The summed E-state index contributed by atoms with van der Waals surface area (Å²) in [5, 5.41) is 9.26. The van der Waals surface area contributed by atoms with E-state index >= 15 is 0 Å². The Kier molecular flexibility index (Phi) is 2.93. The van der Waals surface area contributed by atoms with Crippen molar-refractivity contribution in [1.29, 1.82) is 0 Å². The predicted octanol–water partition coefficient (Wildman–Crippen LogP) is 0.823. The lowest BCUT2D eigenvalue weighted by molar-refractivity contribution is 0.270. The highest BCUT2D eigenvalue weighted by atomic mass is 35.5. The van der Waals surface area contributed by atoms with E-state index in [0.29, 0.717) is 17.0 Å². The average molecular weight is 242 g/mol. The molecule has 0 bridgehead atoms. The molecule has 16 heavy (non-hydrogen) atoms. The highest BCUT2D eigenvalue weighted by Gasteiger charge is 2.16. The van der Waals surface area contributed by atoms with Crippen molar-refractivity contribution in [3.05, 3.63) is 11.6 Å². The van der Waals surface area contributed by atoms with Gasteiger partial charge in [0.05, 0.1) is 19.0 Å². The number of aromatic amines is 1. The monoisotopic (exact) mass is 241 g/mol. The molecule has 0 aromatic carbocycles. The molecule has 0 spiro atoms. The number of aliphatic hydroxyl groups excluding tert-OH is 1. The number of aliphatic hydroxyl groups is 1. The number of rotatable bonds is 3. The van der Waals surface area contributed by atoms with Crippen LogP contribution in [0.25, 0.3) is 11.2 Å². The van der Waals surface area contributed by atoms with Crippen LogP contribution in [0.4, 0.5) is 5.82 Å². The summed E-state index contributed by atoms with van der Waals surface area (Å²) in [4.78, 5) is 16.9. The molecule has 0 saturated heterocycles. The smallest absolute Gasteiger partial charge is 0.226 e. The molecule has 0 saturated carbocycles. The van der Waals surface area contributed by atoms with Gasteiger partial charge in [-0.2, -0.15) is 9.97 Å². The van der Waals surface area contributed by atoms with Gasteiger partial charge in [0.25, 0.3) is 0 Å². The predicted molar refractivity (Wildman–Crippen MR) is 61.6 cm³/mol. The van der Waals surface area contributed by atoms with E-state index in [0.717, 1.165) is 0 Å². The maximum absolute atomic E-state index is 9.11. The van der Waals surface area contributed by atoms with E-state index in [-0.39, 0.29) is 17.9 Å². The Hall–Kier alpha value is -1.40. The number of likely N-dealkylation sites (N-methyl/N-ethyl adjacent to an activating group) is 1. The summed E-state index contributed by atoms with van der Waals surface area (Å²) in [6.07, 6.45) is 1.54. The molecule has 7 heteroatoms. The molecule has 0 aliphatic carbocycles. The molecule has 0 amide bonds. The lowest BCUT2D eigenvalue weighted by Gasteiger charge is -2.24. The fourth-order valence-corrected chi connectivity index (χ4v) is 1.54. The van der Waals surface area contributed by atoms with Gasteiger partial charge in [0.15, 0.2) is 11.5 Å². The number of nitrogens with one attached hydrogen (secondary N) is 1. The van der Waals surface area contributed by atoms with Gasteiger partial charge in [-0.1, -0.05) is 0 Å². The standard InChI is InChI=1S/C9H12ClN5O/c1-5(3-16)15(2)8-6-7(12-4-11-6)13-9(10)14-8/h4-5,16H,3H2,1-2H3,(H,11,12,13,14). The van der Waals surface area contributed by atoms with Crippen LogP contribution in [-0.2, 0) is 0 Å². The molecule has 2 heterocycles. The highest BCUT2D eigenvalue weighted by Crippen LogP contribution is 2.22. The van der Waals surface area contributed by atoms with E-state index in [1.165, 1.54) is 6.33 Å². The zero-order valence-corrected chi connectivity index (χ0v) is 9.73. The van der Waals surface area contributed by atoms with Crippen LogP contribution in [0, 0.1) is 0 Å². The Morgan fingerprint density at radius 2 is 2.31 bits per heavy atom. The van der Waals surface area contributed by atoms with Crippen LogP contribution >= 0.6 is 11.6 Å². The molecule has 6 nitrogen and oxygen atoms in total. The van der Waals surface area contributed by atoms with E-state index < -0.39 is 0 Å². The summed E-state index contributed by atoms with van der Waals surface area (Å²) < 4.78 is 0. The molecular formula is C9H12ClN5O. The maximum Gasteiger partial charge on any atom is 0.226 e. The molecule has 0 aliphatic heterocycles. The Morgan fingerprint density at radius 3 is 3.00 bits per heavy atom. The van der Waals surface area contributed by atoms with Crippen LogP contribution in [0.2, 0.25) is 5.28 Å². The minimum atomic E-state index is -0.0579. The largest absolute Gasteiger partial charge is 0.394 e. The molecule has 2 rings (SSSR count). The third kappa shape index (κ3) is 1.81. The van der Waals surface area contributed by atoms with Crippen molar-refractivity contribution in [2.45, 2.75) is 13.0 Å². The molecule has 0 fully saturated rings. The first-order valence-corrected chi connectivity index (χ1v) is 5.21. The number of H-pyrrole nitrogens is 1. The number of fused-ring (bicyclic) bond motifs is 1. The first kappa shape index (κ1) is 11.1. The zero-order chi connectivity index (χ0) is 11.7. The molecule has 0 radical (unpaired) electrons. The third-order valence-electron chi connectivity index (χ3n) is 2.50. The van der Waals surface area contributed by atoms with Crippen molar-refractivity contribution >= 4 is 28.6 Å². The summed E-state index contributed by atoms with van der Waals surface area (Å²) >= 11 is 5.81. The van der Waals surface area contributed by atoms with Crippen LogP contribution < -0.4 is 4.90 Å². The van der Waals surface area contributed by atoms with E-state index in [9.17, 15) is 0 Å². The topological polar surface area (TPSA) is 77.9 Å². The average Bonchev–Trinajstić information content (AvgIpc) is 2.73. The molecule has 1 atom stereocenters. The third-order valence-corrected chi connectivity index (χ3v) is 2.67. The fraction of sp³-hybridized carbons (Fsp3) is 0.444. The van der Waals surface area contributed by atoms with Gasteiger partial charge in [-0.3, -0.25) is 0 Å². The van der Waals surface area contributed by atoms with Gasteiger partial charge in [-0.05, 0) is 18.5 Å². The van der Waals surface area contributed by atoms with Crippen LogP contribution in [-0.4, -0.2) is 44.7 Å². The van der Waals surface area contributed by atoms with E-state index in [1.54, 1.807) is 0 Å². The van der Waals surface area contributed by atoms with Gasteiger partial charge in [-0.25, -0.2) is 4.98 Å². The Labute approximate surface area is 97.3 Å². The van der Waals surface area contributed by atoms with Gasteiger partial charge < -0.3 is 15.0 Å². The van der Waals surface area contributed by atoms with Gasteiger partial charge in [0.2, 0.25) is 5.28 Å². The van der Waals surface area contributed by atoms with Crippen molar-refractivity contribution in [3.63, 3.8) is 0 Å². The number of anilines is 1.